The van der Waals surface area contributed by atoms with Crippen LogP contribution in [0.4, 0.5) is 10.5 Å². The molecular weight excluding hydrogens is 294 g/mol. The minimum absolute atomic E-state index is 0.00995. The standard InChI is InChI=1S/C17H25N3O3/c1-12(2)20(6-8-23-9-7-21)17(22)19-15-4-5-16-14(11-15)10-13(3)18-16/h4-5,10-12,18,21H,6-9H2,1-3H3,(H,19,22). The van der Waals surface area contributed by atoms with Crippen LogP contribution in [0.15, 0.2) is 24.3 Å². The molecule has 0 fully saturated rings. The van der Waals surface area contributed by atoms with Crippen LogP contribution in [-0.4, -0.2) is 53.4 Å². The van der Waals surface area contributed by atoms with E-state index in [1.807, 2.05) is 45.0 Å². The highest BCUT2D eigenvalue weighted by atomic mass is 16.5. The first-order chi connectivity index (χ1) is 11.0. The number of urea groups is 1. The summed E-state index contributed by atoms with van der Waals surface area (Å²) in [7, 11) is 0. The van der Waals surface area contributed by atoms with Gasteiger partial charge in [0.15, 0.2) is 0 Å². The lowest BCUT2D eigenvalue weighted by Crippen LogP contribution is -2.42. The van der Waals surface area contributed by atoms with Gasteiger partial charge in [-0.25, -0.2) is 4.79 Å². The molecule has 1 aromatic heterocycles. The normalized spacial score (nSPS) is 11.2. The number of H-pyrrole nitrogens is 1. The Labute approximate surface area is 136 Å². The molecule has 6 heteroatoms. The summed E-state index contributed by atoms with van der Waals surface area (Å²) in [6, 6.07) is 7.76. The average molecular weight is 319 g/mol. The number of aryl methyl sites for hydroxylation is 1. The Morgan fingerprint density at radius 2 is 2.13 bits per heavy atom. The van der Waals surface area contributed by atoms with Crippen LogP contribution in [0.5, 0.6) is 0 Å². The van der Waals surface area contributed by atoms with Crippen LogP contribution in [-0.2, 0) is 4.74 Å². The summed E-state index contributed by atoms with van der Waals surface area (Å²) < 4.78 is 5.25. The van der Waals surface area contributed by atoms with Crippen molar-refractivity contribution in [2.75, 3.05) is 31.7 Å². The smallest absolute Gasteiger partial charge is 0.322 e. The Morgan fingerprint density at radius 1 is 1.35 bits per heavy atom. The minimum Gasteiger partial charge on any atom is -0.394 e. The number of aromatic amines is 1. The first-order valence-electron chi connectivity index (χ1n) is 7.87. The van der Waals surface area contributed by atoms with Gasteiger partial charge in [0.25, 0.3) is 0 Å². The topological polar surface area (TPSA) is 77.6 Å². The van der Waals surface area contributed by atoms with Crippen molar-refractivity contribution in [3.8, 4) is 0 Å². The predicted molar refractivity (Wildman–Crippen MR) is 91.8 cm³/mol. The number of carbonyl (C=O) groups is 1. The van der Waals surface area contributed by atoms with Gasteiger partial charge in [0.05, 0.1) is 19.8 Å². The van der Waals surface area contributed by atoms with E-state index in [2.05, 4.69) is 10.3 Å². The van der Waals surface area contributed by atoms with E-state index >= 15 is 0 Å². The molecule has 0 saturated heterocycles. The zero-order valence-corrected chi connectivity index (χ0v) is 13.9. The molecule has 2 rings (SSSR count). The molecule has 126 valence electrons. The highest BCUT2D eigenvalue weighted by molar-refractivity contribution is 5.93. The third kappa shape index (κ3) is 4.71. The maximum absolute atomic E-state index is 12.5. The summed E-state index contributed by atoms with van der Waals surface area (Å²) in [4.78, 5) is 17.4. The quantitative estimate of drug-likeness (QED) is 0.687. The molecule has 0 unspecified atom stereocenters. The SMILES string of the molecule is Cc1cc2cc(NC(=O)N(CCOCCO)C(C)C)ccc2[nH]1. The van der Waals surface area contributed by atoms with Gasteiger partial charge in [-0.3, -0.25) is 0 Å². The molecule has 0 radical (unpaired) electrons. The molecule has 0 aliphatic heterocycles. The van der Waals surface area contributed by atoms with Gasteiger partial charge in [0, 0.05) is 34.9 Å². The highest BCUT2D eigenvalue weighted by Gasteiger charge is 2.17. The monoisotopic (exact) mass is 319 g/mol. The summed E-state index contributed by atoms with van der Waals surface area (Å²) in [6.45, 7) is 7.10. The van der Waals surface area contributed by atoms with Crippen molar-refractivity contribution < 1.29 is 14.6 Å². The molecule has 0 atom stereocenters. The molecule has 6 nitrogen and oxygen atoms in total. The molecule has 1 aromatic carbocycles. The highest BCUT2D eigenvalue weighted by Crippen LogP contribution is 2.20. The van der Waals surface area contributed by atoms with Gasteiger partial charge < -0.3 is 25.0 Å². The maximum Gasteiger partial charge on any atom is 0.322 e. The van der Waals surface area contributed by atoms with E-state index in [1.54, 1.807) is 4.90 Å². The van der Waals surface area contributed by atoms with Gasteiger partial charge in [0.2, 0.25) is 0 Å². The number of aliphatic hydroxyl groups excluding tert-OH is 1. The fourth-order valence-corrected chi connectivity index (χ4v) is 2.47. The lowest BCUT2D eigenvalue weighted by molar-refractivity contribution is 0.0757. The minimum atomic E-state index is -0.154. The number of benzene rings is 1. The molecule has 3 N–H and O–H groups in total. The van der Waals surface area contributed by atoms with Crippen molar-refractivity contribution in [1.29, 1.82) is 0 Å². The number of nitrogens with one attached hydrogen (secondary N) is 2. The van der Waals surface area contributed by atoms with Crippen molar-refractivity contribution in [3.63, 3.8) is 0 Å². The van der Waals surface area contributed by atoms with E-state index in [0.29, 0.717) is 13.2 Å². The first-order valence-corrected chi connectivity index (χ1v) is 7.87. The maximum atomic E-state index is 12.5. The number of amides is 2. The Morgan fingerprint density at radius 3 is 2.83 bits per heavy atom. The summed E-state index contributed by atoms with van der Waals surface area (Å²) in [5.41, 5.74) is 2.91. The third-order valence-electron chi connectivity index (χ3n) is 3.60. The van der Waals surface area contributed by atoms with Crippen molar-refractivity contribution in [3.05, 3.63) is 30.0 Å². The number of ether oxygens (including phenoxy) is 1. The number of nitrogens with zero attached hydrogens (tertiary/aromatic N) is 1. The van der Waals surface area contributed by atoms with Crippen LogP contribution in [0.25, 0.3) is 10.9 Å². The summed E-state index contributed by atoms with van der Waals surface area (Å²) >= 11 is 0. The summed E-state index contributed by atoms with van der Waals surface area (Å²) in [6.07, 6.45) is 0. The second kappa shape index (κ2) is 7.99. The van der Waals surface area contributed by atoms with Crippen LogP contribution in [0, 0.1) is 6.92 Å². The fourth-order valence-electron chi connectivity index (χ4n) is 2.47. The van der Waals surface area contributed by atoms with Crippen LogP contribution >= 0.6 is 0 Å². The zero-order chi connectivity index (χ0) is 16.8. The lowest BCUT2D eigenvalue weighted by Gasteiger charge is -2.26. The average Bonchev–Trinajstić information content (AvgIpc) is 2.86. The third-order valence-corrected chi connectivity index (χ3v) is 3.60. The Hall–Kier alpha value is -2.05. The van der Waals surface area contributed by atoms with E-state index in [1.165, 1.54) is 0 Å². The summed E-state index contributed by atoms with van der Waals surface area (Å²) in [5, 5.41) is 12.7. The van der Waals surface area contributed by atoms with Crippen LogP contribution < -0.4 is 5.32 Å². The number of carbonyl (C=O) groups excluding carboxylic acids is 1. The van der Waals surface area contributed by atoms with Gasteiger partial charge in [-0.15, -0.1) is 0 Å². The van der Waals surface area contributed by atoms with Crippen molar-refractivity contribution in [2.24, 2.45) is 0 Å². The number of aromatic nitrogens is 1. The van der Waals surface area contributed by atoms with Crippen molar-refractivity contribution >= 4 is 22.6 Å². The van der Waals surface area contributed by atoms with E-state index in [-0.39, 0.29) is 25.3 Å². The number of fused-ring (bicyclic) bond motifs is 1. The largest absolute Gasteiger partial charge is 0.394 e. The summed E-state index contributed by atoms with van der Waals surface area (Å²) in [5.74, 6) is 0. The molecule has 0 aliphatic rings. The van der Waals surface area contributed by atoms with Gasteiger partial charge >= 0.3 is 6.03 Å². The van der Waals surface area contributed by atoms with Gasteiger partial charge in [-0.2, -0.15) is 0 Å². The van der Waals surface area contributed by atoms with Gasteiger partial charge in [0.1, 0.15) is 0 Å². The molecular formula is C17H25N3O3. The molecule has 2 amide bonds. The van der Waals surface area contributed by atoms with Crippen molar-refractivity contribution in [2.45, 2.75) is 26.8 Å². The van der Waals surface area contributed by atoms with E-state index in [4.69, 9.17) is 9.84 Å². The molecule has 0 saturated carbocycles. The van der Waals surface area contributed by atoms with E-state index in [9.17, 15) is 4.79 Å². The first kappa shape index (κ1) is 17.3. The van der Waals surface area contributed by atoms with Crippen molar-refractivity contribution in [1.82, 2.24) is 9.88 Å². The van der Waals surface area contributed by atoms with Crippen LogP contribution in [0.1, 0.15) is 19.5 Å². The predicted octanol–water partition coefficient (Wildman–Crippen LogP) is 2.73. The van der Waals surface area contributed by atoms with E-state index < -0.39 is 0 Å². The molecule has 2 aromatic rings. The van der Waals surface area contributed by atoms with Crippen LogP contribution in [0.3, 0.4) is 0 Å². The Bertz CT molecular complexity index is 652. The number of hydrogen-bond acceptors (Lipinski definition) is 3. The molecule has 1 heterocycles. The second-order valence-corrected chi connectivity index (χ2v) is 5.81. The molecule has 23 heavy (non-hydrogen) atoms. The van der Waals surface area contributed by atoms with E-state index in [0.717, 1.165) is 22.3 Å². The van der Waals surface area contributed by atoms with Crippen LogP contribution in [0.2, 0.25) is 0 Å². The van der Waals surface area contributed by atoms with Gasteiger partial charge in [-0.1, -0.05) is 0 Å². The number of hydrogen-bond donors (Lipinski definition) is 3. The molecule has 0 aliphatic carbocycles. The molecule has 0 spiro atoms. The lowest BCUT2D eigenvalue weighted by atomic mass is 10.2. The zero-order valence-electron chi connectivity index (χ0n) is 13.9. The number of aliphatic hydroxyl groups is 1. The molecule has 0 bridgehead atoms. The number of anilines is 1. The van der Waals surface area contributed by atoms with Gasteiger partial charge in [-0.05, 0) is 45.0 Å². The second-order valence-electron chi connectivity index (χ2n) is 5.81. The Balaban J connectivity index is 2.00. The fraction of sp³-hybridized carbons (Fsp3) is 0.471. The number of rotatable bonds is 7. The Kier molecular flexibility index (Phi) is 6.01.